The summed E-state index contributed by atoms with van der Waals surface area (Å²) in [5.74, 6) is -1.25. The summed E-state index contributed by atoms with van der Waals surface area (Å²) in [5, 5.41) is 15.6. The molecular weight excluding hydrogens is 502 g/mol. The highest BCUT2D eigenvalue weighted by atomic mass is 32.2. The molecule has 1 unspecified atom stereocenters. The van der Waals surface area contributed by atoms with Crippen LogP contribution in [0.5, 0.6) is 0 Å². The number of carbonyl (C=O) groups excluding carboxylic acids is 1. The van der Waals surface area contributed by atoms with Gasteiger partial charge in [0.1, 0.15) is 6.04 Å². The van der Waals surface area contributed by atoms with Crippen LogP contribution in [0.1, 0.15) is 40.7 Å². The fourth-order valence-corrected chi connectivity index (χ4v) is 6.24. The van der Waals surface area contributed by atoms with Crippen LogP contribution in [0.3, 0.4) is 0 Å². The van der Waals surface area contributed by atoms with Gasteiger partial charge < -0.3 is 15.7 Å². The minimum Gasteiger partial charge on any atom is -0.480 e. The predicted octanol–water partition coefficient (Wildman–Crippen LogP) is 4.85. The van der Waals surface area contributed by atoms with Gasteiger partial charge >= 0.3 is 12.0 Å². The lowest BCUT2D eigenvalue weighted by Gasteiger charge is -2.18. The Hall–Kier alpha value is -3.69. The number of aliphatic carboxylic acids is 1. The molecule has 3 aromatic carbocycles. The molecule has 0 spiro atoms. The van der Waals surface area contributed by atoms with E-state index in [9.17, 15) is 23.1 Å². The number of amides is 2. The molecule has 0 aromatic heterocycles. The first-order chi connectivity index (χ1) is 17.9. The van der Waals surface area contributed by atoms with Gasteiger partial charge in [0, 0.05) is 11.7 Å². The minimum atomic E-state index is -4.05. The average Bonchev–Trinajstić information content (AvgIpc) is 3.63. The van der Waals surface area contributed by atoms with Crippen molar-refractivity contribution < 1.29 is 23.1 Å². The summed E-state index contributed by atoms with van der Waals surface area (Å²) in [5.41, 5.74) is 6.18. The van der Waals surface area contributed by atoms with Gasteiger partial charge in [0.05, 0.1) is 4.90 Å². The number of anilines is 1. The van der Waals surface area contributed by atoms with Gasteiger partial charge in [-0.25, -0.2) is 13.2 Å². The Kier molecular flexibility index (Phi) is 7.89. The number of benzene rings is 3. The van der Waals surface area contributed by atoms with Crippen molar-refractivity contribution in [1.82, 2.24) is 10.0 Å². The number of carboxylic acid groups (broad SMARTS) is 1. The topological polar surface area (TPSA) is 125 Å². The van der Waals surface area contributed by atoms with Gasteiger partial charge in [0.2, 0.25) is 10.0 Å². The highest BCUT2D eigenvalue weighted by Crippen LogP contribution is 2.27. The Bertz CT molecular complexity index is 1460. The third kappa shape index (κ3) is 6.59. The molecule has 9 heteroatoms. The fourth-order valence-electron chi connectivity index (χ4n) is 4.59. The van der Waals surface area contributed by atoms with Crippen LogP contribution in [0.25, 0.3) is 11.1 Å². The van der Waals surface area contributed by atoms with Crippen molar-refractivity contribution in [1.29, 1.82) is 0 Å². The van der Waals surface area contributed by atoms with Crippen LogP contribution in [0, 0.1) is 27.7 Å². The molecule has 0 saturated heterocycles. The second-order valence-corrected chi connectivity index (χ2v) is 11.7. The molecule has 200 valence electrons. The van der Waals surface area contributed by atoms with Crippen molar-refractivity contribution in [3.05, 3.63) is 82.4 Å². The molecule has 1 aliphatic rings. The fraction of sp³-hybridized carbons (Fsp3) is 0.310. The molecule has 0 heterocycles. The average molecular weight is 536 g/mol. The van der Waals surface area contributed by atoms with Crippen LogP contribution in [0.4, 0.5) is 10.5 Å². The predicted molar refractivity (Wildman–Crippen MR) is 148 cm³/mol. The monoisotopic (exact) mass is 535 g/mol. The Morgan fingerprint density at radius 3 is 2.08 bits per heavy atom. The van der Waals surface area contributed by atoms with Gasteiger partial charge in [-0.1, -0.05) is 54.1 Å². The lowest BCUT2D eigenvalue weighted by Crippen LogP contribution is -2.42. The largest absolute Gasteiger partial charge is 0.480 e. The summed E-state index contributed by atoms with van der Waals surface area (Å²) < 4.78 is 28.6. The van der Waals surface area contributed by atoms with Gasteiger partial charge in [-0.2, -0.15) is 4.72 Å². The van der Waals surface area contributed by atoms with Gasteiger partial charge in [0.25, 0.3) is 0 Å². The molecular formula is C29H33N3O5S. The molecule has 1 atom stereocenters. The van der Waals surface area contributed by atoms with Gasteiger partial charge in [-0.3, -0.25) is 4.79 Å². The van der Waals surface area contributed by atoms with Gasteiger partial charge in [-0.05, 0) is 86.4 Å². The van der Waals surface area contributed by atoms with Crippen LogP contribution in [0.15, 0.2) is 59.5 Å². The number of hydrogen-bond donors (Lipinski definition) is 4. The molecule has 2 amide bonds. The number of aryl methyl sites for hydroxylation is 4. The molecule has 1 aliphatic carbocycles. The number of nitrogens with one attached hydrogen (secondary N) is 3. The maximum Gasteiger partial charge on any atom is 0.322 e. The number of rotatable bonds is 9. The third-order valence-electron chi connectivity index (χ3n) is 6.59. The van der Waals surface area contributed by atoms with Crippen molar-refractivity contribution in [3.8, 4) is 11.1 Å². The minimum absolute atomic E-state index is 0.0131. The van der Waals surface area contributed by atoms with E-state index in [0.717, 1.165) is 35.1 Å². The molecule has 4 rings (SSSR count). The lowest BCUT2D eigenvalue weighted by molar-refractivity contribution is -0.138. The summed E-state index contributed by atoms with van der Waals surface area (Å²) in [7, 11) is -4.05. The second kappa shape index (κ2) is 11.0. The smallest absolute Gasteiger partial charge is 0.322 e. The van der Waals surface area contributed by atoms with Crippen LogP contribution < -0.4 is 15.4 Å². The van der Waals surface area contributed by atoms with Crippen LogP contribution in [0.2, 0.25) is 0 Å². The second-order valence-electron chi connectivity index (χ2n) is 10.0. The van der Waals surface area contributed by atoms with E-state index in [2.05, 4.69) is 15.4 Å². The quantitative estimate of drug-likeness (QED) is 0.312. The summed E-state index contributed by atoms with van der Waals surface area (Å²) in [6, 6.07) is 15.3. The molecule has 38 heavy (non-hydrogen) atoms. The van der Waals surface area contributed by atoms with Crippen LogP contribution in [-0.2, 0) is 21.2 Å². The molecule has 3 aromatic rings. The van der Waals surface area contributed by atoms with E-state index in [1.165, 1.54) is 0 Å². The molecule has 4 N–H and O–H groups in total. The molecule has 1 saturated carbocycles. The molecule has 0 aliphatic heterocycles. The standard InChI is InChI=1S/C29H33N3O5S/c1-17-13-19(3)27(20(4)14-17)38(36,37)32-26(28(33)34)15-21-6-9-22(10-7-21)23-8-5-18(2)25(16-23)31-29(35)30-24-11-12-24/h5-10,13-14,16,24,26,32H,11-12,15H2,1-4H3,(H,33,34)(H2,30,31,35). The first-order valence-corrected chi connectivity index (χ1v) is 14.0. The normalized spacial score (nSPS) is 14.1. The zero-order chi connectivity index (χ0) is 27.6. The van der Waals surface area contributed by atoms with Gasteiger partial charge in [-0.15, -0.1) is 0 Å². The lowest BCUT2D eigenvalue weighted by atomic mass is 9.99. The zero-order valence-corrected chi connectivity index (χ0v) is 22.8. The number of sulfonamides is 1. The first kappa shape index (κ1) is 27.3. The van der Waals surface area contributed by atoms with E-state index < -0.39 is 22.0 Å². The Morgan fingerprint density at radius 2 is 1.50 bits per heavy atom. The Balaban J connectivity index is 1.49. The summed E-state index contributed by atoms with van der Waals surface area (Å²) >= 11 is 0. The highest BCUT2D eigenvalue weighted by molar-refractivity contribution is 7.89. The molecule has 1 fully saturated rings. The van der Waals surface area contributed by atoms with E-state index in [-0.39, 0.29) is 23.4 Å². The summed E-state index contributed by atoms with van der Waals surface area (Å²) in [4.78, 5) is 24.3. The number of carbonyl (C=O) groups is 2. The van der Waals surface area contributed by atoms with Crippen molar-refractivity contribution in [2.75, 3.05) is 5.32 Å². The number of urea groups is 1. The van der Waals surface area contributed by atoms with E-state index in [1.54, 1.807) is 38.1 Å². The molecule has 0 bridgehead atoms. The number of hydrogen-bond acceptors (Lipinski definition) is 4. The van der Waals surface area contributed by atoms with Crippen molar-refractivity contribution in [2.24, 2.45) is 0 Å². The Morgan fingerprint density at radius 1 is 0.895 bits per heavy atom. The maximum absolute atomic E-state index is 13.1. The van der Waals surface area contributed by atoms with Crippen molar-refractivity contribution in [3.63, 3.8) is 0 Å². The highest BCUT2D eigenvalue weighted by Gasteiger charge is 2.28. The van der Waals surface area contributed by atoms with E-state index in [1.807, 2.05) is 44.2 Å². The zero-order valence-electron chi connectivity index (χ0n) is 22.0. The summed E-state index contributed by atoms with van der Waals surface area (Å²) in [6.45, 7) is 7.21. The molecule has 0 radical (unpaired) electrons. The van der Waals surface area contributed by atoms with Crippen LogP contribution in [-0.4, -0.2) is 37.6 Å². The van der Waals surface area contributed by atoms with E-state index >= 15 is 0 Å². The van der Waals surface area contributed by atoms with Crippen molar-refractivity contribution in [2.45, 2.75) is 63.9 Å². The maximum atomic E-state index is 13.1. The third-order valence-corrected chi connectivity index (χ3v) is 8.37. The van der Waals surface area contributed by atoms with Crippen molar-refractivity contribution >= 4 is 27.7 Å². The Labute approximate surface area is 223 Å². The number of carboxylic acids is 1. The van der Waals surface area contributed by atoms with Crippen LogP contribution >= 0.6 is 0 Å². The SMILES string of the molecule is Cc1cc(C)c(S(=O)(=O)NC(Cc2ccc(-c3ccc(C)c(NC(=O)NC4CC4)c3)cc2)C(=O)O)c(C)c1. The molecule has 8 nitrogen and oxygen atoms in total. The van der Waals surface area contributed by atoms with E-state index in [4.69, 9.17) is 0 Å². The van der Waals surface area contributed by atoms with E-state index in [0.29, 0.717) is 22.4 Å². The van der Waals surface area contributed by atoms with Gasteiger partial charge in [0.15, 0.2) is 0 Å². The first-order valence-electron chi connectivity index (χ1n) is 12.5. The summed E-state index contributed by atoms with van der Waals surface area (Å²) in [6.07, 6.45) is 2.00.